The Hall–Kier alpha value is -1.45. The first-order valence-electron chi connectivity index (χ1n) is 7.66. The molecular weight excluding hydrogens is 338 g/mol. The molecule has 0 radical (unpaired) electrons. The molecule has 23 heavy (non-hydrogen) atoms. The van der Waals surface area contributed by atoms with Crippen LogP contribution in [-0.4, -0.2) is 50.2 Å². The van der Waals surface area contributed by atoms with Gasteiger partial charge in [0.1, 0.15) is 15.8 Å². The van der Waals surface area contributed by atoms with Gasteiger partial charge in [-0.15, -0.1) is 11.3 Å². The van der Waals surface area contributed by atoms with E-state index in [1.807, 2.05) is 0 Å². The molecule has 7 nitrogen and oxygen atoms in total. The van der Waals surface area contributed by atoms with Crippen LogP contribution in [0.25, 0.3) is 0 Å². The number of carbonyl (C=O) groups is 2. The van der Waals surface area contributed by atoms with E-state index in [0.717, 1.165) is 30.6 Å². The standard InChI is InChI=1S/C14H19N3O4S2/c18-13-10(4-3-6-15-13)16-14(19)12-11(5-9-22-12)23(20,21)17-7-1-2-8-17/h5,9-10H,1-4,6-8H2,(H,15,18)(H,16,19). The Kier molecular flexibility index (Phi) is 4.69. The number of amides is 2. The SMILES string of the molecule is O=C(NC1CCCNC1=O)c1sccc1S(=O)(=O)N1CCCC1. The zero-order valence-corrected chi connectivity index (χ0v) is 14.2. The van der Waals surface area contributed by atoms with Crippen molar-refractivity contribution in [3.63, 3.8) is 0 Å². The Morgan fingerprint density at radius 2 is 2.04 bits per heavy atom. The molecule has 2 aliphatic heterocycles. The third kappa shape index (κ3) is 3.26. The van der Waals surface area contributed by atoms with E-state index >= 15 is 0 Å². The van der Waals surface area contributed by atoms with Crippen LogP contribution in [0, 0.1) is 0 Å². The molecule has 3 heterocycles. The van der Waals surface area contributed by atoms with Gasteiger partial charge < -0.3 is 10.6 Å². The van der Waals surface area contributed by atoms with Gasteiger partial charge in [0.15, 0.2) is 0 Å². The second-order valence-corrected chi connectivity index (χ2v) is 8.51. The Morgan fingerprint density at radius 3 is 2.74 bits per heavy atom. The van der Waals surface area contributed by atoms with Crippen molar-refractivity contribution in [2.45, 2.75) is 36.6 Å². The summed E-state index contributed by atoms with van der Waals surface area (Å²) >= 11 is 1.08. The predicted molar refractivity (Wildman–Crippen MR) is 85.8 cm³/mol. The van der Waals surface area contributed by atoms with Gasteiger partial charge in [0.2, 0.25) is 15.9 Å². The highest BCUT2D eigenvalue weighted by atomic mass is 32.2. The molecule has 2 aliphatic rings. The van der Waals surface area contributed by atoms with Crippen LogP contribution in [0.4, 0.5) is 0 Å². The Bertz CT molecular complexity index is 707. The highest BCUT2D eigenvalue weighted by Gasteiger charge is 2.33. The molecule has 2 amide bonds. The topological polar surface area (TPSA) is 95.6 Å². The molecule has 0 bridgehead atoms. The van der Waals surface area contributed by atoms with Crippen LogP contribution in [0.1, 0.15) is 35.4 Å². The van der Waals surface area contributed by atoms with Crippen LogP contribution in [0.15, 0.2) is 16.3 Å². The van der Waals surface area contributed by atoms with Gasteiger partial charge in [-0.1, -0.05) is 0 Å². The lowest BCUT2D eigenvalue weighted by molar-refractivity contribution is -0.124. The smallest absolute Gasteiger partial charge is 0.263 e. The number of thiophene rings is 1. The summed E-state index contributed by atoms with van der Waals surface area (Å²) in [5, 5.41) is 6.94. The molecule has 0 aromatic carbocycles. The number of carbonyl (C=O) groups excluding carboxylic acids is 2. The number of hydrogen-bond acceptors (Lipinski definition) is 5. The molecule has 0 aliphatic carbocycles. The molecule has 3 rings (SSSR count). The van der Waals surface area contributed by atoms with Gasteiger partial charge in [-0.05, 0) is 37.1 Å². The van der Waals surface area contributed by atoms with Crippen molar-refractivity contribution in [1.82, 2.24) is 14.9 Å². The van der Waals surface area contributed by atoms with E-state index in [2.05, 4.69) is 10.6 Å². The second kappa shape index (κ2) is 6.58. The van der Waals surface area contributed by atoms with Crippen LogP contribution < -0.4 is 10.6 Å². The maximum atomic E-state index is 12.7. The van der Waals surface area contributed by atoms with E-state index in [9.17, 15) is 18.0 Å². The van der Waals surface area contributed by atoms with Crippen LogP contribution in [0.5, 0.6) is 0 Å². The highest BCUT2D eigenvalue weighted by Crippen LogP contribution is 2.27. The van der Waals surface area contributed by atoms with E-state index in [4.69, 9.17) is 0 Å². The van der Waals surface area contributed by atoms with E-state index in [0.29, 0.717) is 26.1 Å². The third-order valence-corrected chi connectivity index (χ3v) is 7.09. The van der Waals surface area contributed by atoms with E-state index in [1.165, 1.54) is 10.4 Å². The number of piperidine rings is 1. The molecule has 1 aromatic heterocycles. The molecule has 1 aromatic rings. The monoisotopic (exact) mass is 357 g/mol. The van der Waals surface area contributed by atoms with Gasteiger partial charge >= 0.3 is 0 Å². The summed E-state index contributed by atoms with van der Waals surface area (Å²) in [7, 11) is -3.64. The fraction of sp³-hybridized carbons (Fsp3) is 0.571. The van der Waals surface area contributed by atoms with Gasteiger partial charge in [-0.3, -0.25) is 9.59 Å². The third-order valence-electron chi connectivity index (χ3n) is 4.11. The van der Waals surface area contributed by atoms with Crippen LogP contribution >= 0.6 is 11.3 Å². The average Bonchev–Trinajstić information content (AvgIpc) is 3.21. The minimum atomic E-state index is -3.64. The predicted octanol–water partition coefficient (Wildman–Crippen LogP) is 0.541. The van der Waals surface area contributed by atoms with E-state index < -0.39 is 22.0 Å². The number of nitrogens with one attached hydrogen (secondary N) is 2. The molecule has 1 atom stereocenters. The fourth-order valence-corrected chi connectivity index (χ4v) is 5.69. The first-order valence-corrected chi connectivity index (χ1v) is 9.98. The maximum absolute atomic E-state index is 12.7. The van der Waals surface area contributed by atoms with Gasteiger partial charge in [0.05, 0.1) is 0 Å². The van der Waals surface area contributed by atoms with Crippen molar-refractivity contribution in [3.8, 4) is 0 Å². The molecule has 0 spiro atoms. The van der Waals surface area contributed by atoms with Crippen molar-refractivity contribution >= 4 is 33.2 Å². The van der Waals surface area contributed by atoms with Crippen molar-refractivity contribution in [2.24, 2.45) is 0 Å². The van der Waals surface area contributed by atoms with Crippen LogP contribution in [0.2, 0.25) is 0 Å². The Labute approximate surface area is 139 Å². The average molecular weight is 357 g/mol. The van der Waals surface area contributed by atoms with E-state index in [1.54, 1.807) is 5.38 Å². The molecule has 2 fully saturated rings. The number of rotatable bonds is 4. The lowest BCUT2D eigenvalue weighted by Crippen LogP contribution is -2.50. The summed E-state index contributed by atoms with van der Waals surface area (Å²) in [6.07, 6.45) is 3.04. The molecule has 0 saturated carbocycles. The highest BCUT2D eigenvalue weighted by molar-refractivity contribution is 7.89. The fourth-order valence-electron chi connectivity index (χ4n) is 2.87. The maximum Gasteiger partial charge on any atom is 0.263 e. The molecule has 1 unspecified atom stereocenters. The number of hydrogen-bond donors (Lipinski definition) is 2. The van der Waals surface area contributed by atoms with Gasteiger partial charge in [0, 0.05) is 19.6 Å². The van der Waals surface area contributed by atoms with Crippen molar-refractivity contribution in [2.75, 3.05) is 19.6 Å². The van der Waals surface area contributed by atoms with Gasteiger partial charge in [-0.2, -0.15) is 4.31 Å². The van der Waals surface area contributed by atoms with Crippen LogP contribution in [0.3, 0.4) is 0 Å². The van der Waals surface area contributed by atoms with E-state index in [-0.39, 0.29) is 15.7 Å². The summed E-state index contributed by atoms with van der Waals surface area (Å²) in [6.45, 7) is 1.59. The Morgan fingerprint density at radius 1 is 1.30 bits per heavy atom. The minimum absolute atomic E-state index is 0.0399. The van der Waals surface area contributed by atoms with Crippen LogP contribution in [-0.2, 0) is 14.8 Å². The van der Waals surface area contributed by atoms with Crippen molar-refractivity contribution in [1.29, 1.82) is 0 Å². The first kappa shape index (κ1) is 16.4. The number of nitrogens with zero attached hydrogens (tertiary/aromatic N) is 1. The normalized spacial score (nSPS) is 22.8. The molecule has 126 valence electrons. The van der Waals surface area contributed by atoms with Gasteiger partial charge in [0.25, 0.3) is 5.91 Å². The summed E-state index contributed by atoms with van der Waals surface area (Å²) in [5.74, 6) is -0.718. The Balaban J connectivity index is 1.80. The lowest BCUT2D eigenvalue weighted by atomic mass is 10.1. The summed E-state index contributed by atoms with van der Waals surface area (Å²) < 4.78 is 26.7. The quantitative estimate of drug-likeness (QED) is 0.822. The molecule has 2 N–H and O–H groups in total. The first-order chi connectivity index (χ1) is 11.0. The molecule has 9 heteroatoms. The summed E-state index contributed by atoms with van der Waals surface area (Å²) in [5.41, 5.74) is 0. The van der Waals surface area contributed by atoms with Crippen molar-refractivity contribution < 1.29 is 18.0 Å². The molecular formula is C14H19N3O4S2. The summed E-state index contributed by atoms with van der Waals surface area (Å²) in [6, 6.07) is 0.870. The second-order valence-electron chi connectivity index (χ2n) is 5.68. The summed E-state index contributed by atoms with van der Waals surface area (Å²) in [4.78, 5) is 24.4. The zero-order chi connectivity index (χ0) is 16.4. The minimum Gasteiger partial charge on any atom is -0.354 e. The molecule has 2 saturated heterocycles. The zero-order valence-electron chi connectivity index (χ0n) is 12.6. The number of sulfonamides is 1. The van der Waals surface area contributed by atoms with Crippen molar-refractivity contribution in [3.05, 3.63) is 16.3 Å². The largest absolute Gasteiger partial charge is 0.354 e. The van der Waals surface area contributed by atoms with Gasteiger partial charge in [-0.25, -0.2) is 8.42 Å². The lowest BCUT2D eigenvalue weighted by Gasteiger charge is -2.23.